The van der Waals surface area contributed by atoms with E-state index in [0.29, 0.717) is 5.92 Å². The average molecular weight is 276 g/mol. The van der Waals surface area contributed by atoms with Gasteiger partial charge in [-0.1, -0.05) is 31.4 Å². The van der Waals surface area contributed by atoms with Crippen LogP contribution in [0, 0.1) is 5.92 Å². The van der Waals surface area contributed by atoms with Gasteiger partial charge in [0.25, 0.3) is 0 Å². The highest BCUT2D eigenvalue weighted by molar-refractivity contribution is 6.02. The molecule has 1 fully saturated rings. The summed E-state index contributed by atoms with van der Waals surface area (Å²) in [5.41, 5.74) is 0.121. The number of esters is 1. The molecule has 0 aliphatic heterocycles. The molecule has 108 valence electrons. The maximum Gasteiger partial charge on any atom is 0.339 e. The molecular formula is C16H20O4. The van der Waals surface area contributed by atoms with Crippen molar-refractivity contribution in [2.24, 2.45) is 5.92 Å². The number of rotatable bonds is 4. The highest BCUT2D eigenvalue weighted by Gasteiger charge is 2.25. The van der Waals surface area contributed by atoms with Gasteiger partial charge in [0.2, 0.25) is 0 Å². The molecule has 0 spiro atoms. The lowest BCUT2D eigenvalue weighted by Gasteiger charge is -2.27. The highest BCUT2D eigenvalue weighted by atomic mass is 16.5. The van der Waals surface area contributed by atoms with Gasteiger partial charge >= 0.3 is 11.9 Å². The average Bonchev–Trinajstić information content (AvgIpc) is 2.48. The number of benzene rings is 1. The number of hydrogen-bond acceptors (Lipinski definition) is 3. The second kappa shape index (κ2) is 6.55. The Morgan fingerprint density at radius 2 is 1.75 bits per heavy atom. The normalized spacial score (nSPS) is 17.4. The molecule has 1 N–H and O–H groups in total. The Morgan fingerprint density at radius 3 is 2.35 bits per heavy atom. The predicted molar refractivity (Wildman–Crippen MR) is 74.9 cm³/mol. The molecule has 1 aliphatic rings. The van der Waals surface area contributed by atoms with E-state index < -0.39 is 11.9 Å². The number of hydrogen-bond donors (Lipinski definition) is 1. The van der Waals surface area contributed by atoms with Crippen LogP contribution in [0.3, 0.4) is 0 Å². The van der Waals surface area contributed by atoms with Crippen molar-refractivity contribution < 1.29 is 19.4 Å². The zero-order valence-corrected chi connectivity index (χ0v) is 11.7. The first-order chi connectivity index (χ1) is 9.59. The molecule has 4 nitrogen and oxygen atoms in total. The van der Waals surface area contributed by atoms with Gasteiger partial charge in [-0.3, -0.25) is 0 Å². The van der Waals surface area contributed by atoms with Crippen molar-refractivity contribution in [2.75, 3.05) is 0 Å². The molecule has 2 rings (SSSR count). The van der Waals surface area contributed by atoms with Crippen LogP contribution in [0.1, 0.15) is 59.7 Å². The summed E-state index contributed by atoms with van der Waals surface area (Å²) in [7, 11) is 0. The van der Waals surface area contributed by atoms with E-state index in [0.717, 1.165) is 12.8 Å². The molecule has 0 saturated heterocycles. The molecule has 1 atom stereocenters. The molecule has 0 radical (unpaired) electrons. The standard InChI is InChI=1S/C16H20O4/c1-11(12-7-3-2-4-8-12)20-16(19)14-10-6-5-9-13(14)15(17)18/h5-6,9-12H,2-4,7-8H2,1H3,(H,17,18)/t11-/m1/s1. The van der Waals surface area contributed by atoms with Gasteiger partial charge in [-0.05, 0) is 37.8 Å². The Kier molecular flexibility index (Phi) is 4.77. The van der Waals surface area contributed by atoms with Gasteiger partial charge in [0.1, 0.15) is 6.10 Å². The minimum Gasteiger partial charge on any atom is -0.478 e. The number of carbonyl (C=O) groups is 2. The number of carbonyl (C=O) groups excluding carboxylic acids is 1. The maximum absolute atomic E-state index is 12.1. The van der Waals surface area contributed by atoms with E-state index in [9.17, 15) is 9.59 Å². The van der Waals surface area contributed by atoms with Crippen molar-refractivity contribution in [1.82, 2.24) is 0 Å². The van der Waals surface area contributed by atoms with Gasteiger partial charge < -0.3 is 9.84 Å². The summed E-state index contributed by atoms with van der Waals surface area (Å²) in [6, 6.07) is 6.17. The van der Waals surface area contributed by atoms with Crippen molar-refractivity contribution in [2.45, 2.75) is 45.1 Å². The fraction of sp³-hybridized carbons (Fsp3) is 0.500. The van der Waals surface area contributed by atoms with Crippen LogP contribution in [0.15, 0.2) is 24.3 Å². The zero-order valence-electron chi connectivity index (χ0n) is 11.7. The van der Waals surface area contributed by atoms with Crippen LogP contribution >= 0.6 is 0 Å². The first kappa shape index (κ1) is 14.6. The lowest BCUT2D eigenvalue weighted by atomic mass is 9.86. The van der Waals surface area contributed by atoms with E-state index >= 15 is 0 Å². The minimum absolute atomic E-state index is 0.00616. The molecule has 1 aromatic rings. The van der Waals surface area contributed by atoms with E-state index in [1.54, 1.807) is 12.1 Å². The summed E-state index contributed by atoms with van der Waals surface area (Å²) in [6.07, 6.45) is 5.60. The van der Waals surface area contributed by atoms with Crippen molar-refractivity contribution in [1.29, 1.82) is 0 Å². The van der Waals surface area contributed by atoms with Crippen LogP contribution < -0.4 is 0 Å². The van der Waals surface area contributed by atoms with Gasteiger partial charge in [-0.15, -0.1) is 0 Å². The first-order valence-corrected chi connectivity index (χ1v) is 7.13. The van der Waals surface area contributed by atoms with Crippen LogP contribution in [0.2, 0.25) is 0 Å². The molecule has 0 amide bonds. The molecule has 20 heavy (non-hydrogen) atoms. The molecule has 1 saturated carbocycles. The first-order valence-electron chi connectivity index (χ1n) is 7.13. The van der Waals surface area contributed by atoms with Crippen LogP contribution in [-0.2, 0) is 4.74 Å². The molecular weight excluding hydrogens is 256 g/mol. The number of ether oxygens (including phenoxy) is 1. The smallest absolute Gasteiger partial charge is 0.339 e. The highest BCUT2D eigenvalue weighted by Crippen LogP contribution is 2.28. The predicted octanol–water partition coefficient (Wildman–Crippen LogP) is 3.51. The van der Waals surface area contributed by atoms with E-state index in [-0.39, 0.29) is 17.2 Å². The van der Waals surface area contributed by atoms with Crippen molar-refractivity contribution in [3.05, 3.63) is 35.4 Å². The monoisotopic (exact) mass is 276 g/mol. The summed E-state index contributed by atoms with van der Waals surface area (Å²) in [5, 5.41) is 9.09. The second-order valence-corrected chi connectivity index (χ2v) is 5.36. The number of aromatic carboxylic acids is 1. The molecule has 0 unspecified atom stereocenters. The third-order valence-corrected chi connectivity index (χ3v) is 3.98. The third-order valence-electron chi connectivity index (χ3n) is 3.98. The molecule has 0 bridgehead atoms. The largest absolute Gasteiger partial charge is 0.478 e. The Morgan fingerprint density at radius 1 is 1.15 bits per heavy atom. The number of carboxylic acid groups (broad SMARTS) is 1. The van der Waals surface area contributed by atoms with Crippen molar-refractivity contribution >= 4 is 11.9 Å². The summed E-state index contributed by atoms with van der Waals surface area (Å²) < 4.78 is 5.46. The van der Waals surface area contributed by atoms with Crippen LogP contribution in [0.25, 0.3) is 0 Å². The van der Waals surface area contributed by atoms with Crippen LogP contribution in [0.5, 0.6) is 0 Å². The molecule has 1 aromatic carbocycles. The van der Waals surface area contributed by atoms with Crippen LogP contribution in [-0.4, -0.2) is 23.1 Å². The maximum atomic E-state index is 12.1. The lowest BCUT2D eigenvalue weighted by molar-refractivity contribution is 0.0137. The van der Waals surface area contributed by atoms with E-state index in [4.69, 9.17) is 9.84 Å². The Bertz CT molecular complexity index is 489. The SMILES string of the molecule is C[C@@H](OC(=O)c1ccccc1C(=O)O)C1CCCCC1. The third kappa shape index (κ3) is 3.38. The molecule has 1 aliphatic carbocycles. The van der Waals surface area contributed by atoms with Crippen molar-refractivity contribution in [3.63, 3.8) is 0 Å². The minimum atomic E-state index is -1.11. The van der Waals surface area contributed by atoms with Gasteiger partial charge in [0.05, 0.1) is 11.1 Å². The summed E-state index contributed by atoms with van der Waals surface area (Å²) in [4.78, 5) is 23.2. The summed E-state index contributed by atoms with van der Waals surface area (Å²) in [5.74, 6) is -1.26. The van der Waals surface area contributed by atoms with Gasteiger partial charge in [-0.25, -0.2) is 9.59 Å². The van der Waals surface area contributed by atoms with E-state index in [2.05, 4.69) is 0 Å². The fourth-order valence-electron chi connectivity index (χ4n) is 2.78. The van der Waals surface area contributed by atoms with Crippen molar-refractivity contribution in [3.8, 4) is 0 Å². The van der Waals surface area contributed by atoms with Crippen LogP contribution in [0.4, 0.5) is 0 Å². The van der Waals surface area contributed by atoms with E-state index in [1.807, 2.05) is 6.92 Å². The Hall–Kier alpha value is -1.84. The quantitative estimate of drug-likeness (QED) is 0.855. The second-order valence-electron chi connectivity index (χ2n) is 5.36. The Balaban J connectivity index is 2.06. The number of carboxylic acids is 1. The van der Waals surface area contributed by atoms with Gasteiger partial charge in [0, 0.05) is 0 Å². The summed E-state index contributed by atoms with van der Waals surface area (Å²) >= 11 is 0. The van der Waals surface area contributed by atoms with Gasteiger partial charge in [-0.2, -0.15) is 0 Å². The van der Waals surface area contributed by atoms with Gasteiger partial charge in [0.15, 0.2) is 0 Å². The summed E-state index contributed by atoms with van der Waals surface area (Å²) in [6.45, 7) is 1.90. The zero-order chi connectivity index (χ0) is 14.5. The molecule has 4 heteroatoms. The lowest BCUT2D eigenvalue weighted by Crippen LogP contribution is -2.26. The van der Waals surface area contributed by atoms with E-state index in [1.165, 1.54) is 31.4 Å². The fourth-order valence-corrected chi connectivity index (χ4v) is 2.78. The molecule has 0 aromatic heterocycles. The molecule has 0 heterocycles. The Labute approximate surface area is 118 Å². The topological polar surface area (TPSA) is 63.6 Å².